The van der Waals surface area contributed by atoms with Gasteiger partial charge in [0.15, 0.2) is 0 Å². The Morgan fingerprint density at radius 1 is 1.25 bits per heavy atom. The van der Waals surface area contributed by atoms with Crippen molar-refractivity contribution in [3.63, 3.8) is 0 Å². The van der Waals surface area contributed by atoms with Gasteiger partial charge in [0.25, 0.3) is 0 Å². The molecule has 2 heterocycles. The summed E-state index contributed by atoms with van der Waals surface area (Å²) in [6, 6.07) is 7.00. The first kappa shape index (κ1) is 13.7. The van der Waals surface area contributed by atoms with Gasteiger partial charge in [-0.15, -0.1) is 11.3 Å². The number of benzene rings is 1. The Hall–Kier alpha value is -1.30. The molecule has 2 aromatic rings. The van der Waals surface area contributed by atoms with Gasteiger partial charge in [0.05, 0.1) is 5.69 Å². The Bertz CT molecular complexity index is 549. The topological polar surface area (TPSA) is 34.2 Å². The summed E-state index contributed by atoms with van der Waals surface area (Å²) in [5, 5.41) is 6.52. The van der Waals surface area contributed by atoms with Crippen molar-refractivity contribution >= 4 is 11.3 Å². The van der Waals surface area contributed by atoms with E-state index in [0.29, 0.717) is 6.04 Å². The lowest BCUT2D eigenvalue weighted by atomic mass is 10.1. The lowest BCUT2D eigenvalue weighted by Crippen LogP contribution is -2.34. The van der Waals surface area contributed by atoms with Crippen LogP contribution >= 0.6 is 11.3 Å². The van der Waals surface area contributed by atoms with Crippen LogP contribution in [0.5, 0.6) is 0 Å². The second-order valence-corrected chi connectivity index (χ2v) is 5.78. The van der Waals surface area contributed by atoms with Gasteiger partial charge in [0, 0.05) is 36.7 Å². The molecule has 1 aliphatic heterocycles. The summed E-state index contributed by atoms with van der Waals surface area (Å²) in [4.78, 5) is 4.60. The van der Waals surface area contributed by atoms with Crippen LogP contribution in [-0.2, 0) is 11.3 Å². The number of nitrogens with zero attached hydrogens (tertiary/aromatic N) is 1. The van der Waals surface area contributed by atoms with Gasteiger partial charge in [-0.3, -0.25) is 0 Å². The van der Waals surface area contributed by atoms with Crippen LogP contribution in [0.2, 0.25) is 0 Å². The average molecular weight is 292 g/mol. The number of hydrogen-bond acceptors (Lipinski definition) is 4. The third-order valence-electron chi connectivity index (χ3n) is 3.44. The lowest BCUT2D eigenvalue weighted by molar-refractivity contribution is 0.0775. The summed E-state index contributed by atoms with van der Waals surface area (Å²) in [5.74, 6) is -0.216. The molecule has 0 spiro atoms. The molecule has 0 atom stereocenters. The molecule has 1 N–H and O–H groups in total. The van der Waals surface area contributed by atoms with Crippen LogP contribution in [0.25, 0.3) is 10.6 Å². The van der Waals surface area contributed by atoms with E-state index in [9.17, 15) is 4.39 Å². The van der Waals surface area contributed by atoms with E-state index in [4.69, 9.17) is 4.74 Å². The molecule has 5 heteroatoms. The molecule has 0 radical (unpaired) electrons. The first-order valence-electron chi connectivity index (χ1n) is 6.83. The molecule has 106 valence electrons. The minimum absolute atomic E-state index is 0.216. The molecule has 1 aromatic carbocycles. The van der Waals surface area contributed by atoms with Crippen molar-refractivity contribution in [3.8, 4) is 10.6 Å². The Morgan fingerprint density at radius 2 is 2.00 bits per heavy atom. The quantitative estimate of drug-likeness (QED) is 0.939. The van der Waals surface area contributed by atoms with Crippen LogP contribution in [0.1, 0.15) is 18.5 Å². The Kier molecular flexibility index (Phi) is 4.40. The first-order valence-corrected chi connectivity index (χ1v) is 7.71. The van der Waals surface area contributed by atoms with Gasteiger partial charge in [-0.1, -0.05) is 0 Å². The zero-order chi connectivity index (χ0) is 13.8. The largest absolute Gasteiger partial charge is 0.381 e. The van der Waals surface area contributed by atoms with E-state index in [1.165, 1.54) is 12.1 Å². The molecule has 20 heavy (non-hydrogen) atoms. The SMILES string of the molecule is Fc1ccc(-c2nc(CNC3CCOCC3)cs2)cc1. The summed E-state index contributed by atoms with van der Waals surface area (Å²) in [6.07, 6.45) is 2.13. The number of aromatic nitrogens is 1. The number of ether oxygens (including phenoxy) is 1. The van der Waals surface area contributed by atoms with E-state index in [-0.39, 0.29) is 5.82 Å². The molecule has 0 aliphatic carbocycles. The van der Waals surface area contributed by atoms with Crippen LogP contribution in [0.3, 0.4) is 0 Å². The van der Waals surface area contributed by atoms with Crippen molar-refractivity contribution < 1.29 is 9.13 Å². The molecule has 0 unspecified atom stereocenters. The highest BCUT2D eigenvalue weighted by Gasteiger charge is 2.13. The highest BCUT2D eigenvalue weighted by Crippen LogP contribution is 2.24. The van der Waals surface area contributed by atoms with E-state index in [1.807, 2.05) is 0 Å². The maximum Gasteiger partial charge on any atom is 0.123 e. The van der Waals surface area contributed by atoms with Crippen molar-refractivity contribution in [2.45, 2.75) is 25.4 Å². The van der Waals surface area contributed by atoms with Crippen molar-refractivity contribution in [2.75, 3.05) is 13.2 Å². The van der Waals surface area contributed by atoms with Crippen LogP contribution < -0.4 is 5.32 Å². The molecule has 0 bridgehead atoms. The predicted octanol–water partition coefficient (Wildman–Crippen LogP) is 3.22. The Morgan fingerprint density at radius 3 is 2.75 bits per heavy atom. The van der Waals surface area contributed by atoms with Crippen LogP contribution in [0, 0.1) is 5.82 Å². The van der Waals surface area contributed by atoms with Crippen molar-refractivity contribution in [3.05, 3.63) is 41.2 Å². The molecule has 3 rings (SSSR count). The summed E-state index contributed by atoms with van der Waals surface area (Å²) < 4.78 is 18.2. The van der Waals surface area contributed by atoms with E-state index >= 15 is 0 Å². The fraction of sp³-hybridized carbons (Fsp3) is 0.400. The second-order valence-electron chi connectivity index (χ2n) is 4.92. The highest BCUT2D eigenvalue weighted by atomic mass is 32.1. The van der Waals surface area contributed by atoms with Gasteiger partial charge in [-0.25, -0.2) is 9.37 Å². The maximum atomic E-state index is 12.9. The van der Waals surface area contributed by atoms with Crippen LogP contribution in [0.15, 0.2) is 29.6 Å². The number of thiazole rings is 1. The van der Waals surface area contributed by atoms with E-state index in [1.54, 1.807) is 23.5 Å². The molecule has 1 aliphatic rings. The normalized spacial score (nSPS) is 16.4. The van der Waals surface area contributed by atoms with Crippen molar-refractivity contribution in [2.24, 2.45) is 0 Å². The standard InChI is InChI=1S/C15H17FN2OS/c16-12-3-1-11(2-4-12)15-18-14(10-20-15)9-17-13-5-7-19-8-6-13/h1-4,10,13,17H,5-9H2. The minimum Gasteiger partial charge on any atom is -0.381 e. The van der Waals surface area contributed by atoms with Gasteiger partial charge in [-0.05, 0) is 37.1 Å². The molecular weight excluding hydrogens is 275 g/mol. The molecule has 1 aromatic heterocycles. The third kappa shape index (κ3) is 3.42. The zero-order valence-electron chi connectivity index (χ0n) is 11.1. The molecule has 0 saturated carbocycles. The smallest absolute Gasteiger partial charge is 0.123 e. The van der Waals surface area contributed by atoms with E-state index < -0.39 is 0 Å². The lowest BCUT2D eigenvalue weighted by Gasteiger charge is -2.22. The summed E-state index contributed by atoms with van der Waals surface area (Å²) >= 11 is 1.60. The van der Waals surface area contributed by atoms with Crippen LogP contribution in [-0.4, -0.2) is 24.2 Å². The van der Waals surface area contributed by atoms with Crippen molar-refractivity contribution in [1.29, 1.82) is 0 Å². The number of halogens is 1. The monoisotopic (exact) mass is 292 g/mol. The maximum absolute atomic E-state index is 12.9. The minimum atomic E-state index is -0.216. The molecule has 0 amide bonds. The van der Waals surface area contributed by atoms with Gasteiger partial charge < -0.3 is 10.1 Å². The number of hydrogen-bond donors (Lipinski definition) is 1. The summed E-state index contributed by atoms with van der Waals surface area (Å²) in [5.41, 5.74) is 2.01. The highest BCUT2D eigenvalue weighted by molar-refractivity contribution is 7.13. The predicted molar refractivity (Wildman–Crippen MR) is 78.2 cm³/mol. The Balaban J connectivity index is 1.60. The van der Waals surface area contributed by atoms with Gasteiger partial charge in [0.2, 0.25) is 0 Å². The summed E-state index contributed by atoms with van der Waals surface area (Å²) in [6.45, 7) is 2.47. The molecule has 1 fully saturated rings. The number of rotatable bonds is 4. The van der Waals surface area contributed by atoms with Crippen molar-refractivity contribution in [1.82, 2.24) is 10.3 Å². The molecule has 3 nitrogen and oxygen atoms in total. The molecular formula is C15H17FN2OS. The van der Waals surface area contributed by atoms with E-state index in [2.05, 4.69) is 15.7 Å². The fourth-order valence-corrected chi connectivity index (χ4v) is 3.09. The second kappa shape index (κ2) is 6.43. The number of nitrogens with one attached hydrogen (secondary N) is 1. The molecule has 1 saturated heterocycles. The van der Waals surface area contributed by atoms with Gasteiger partial charge in [0.1, 0.15) is 10.8 Å². The third-order valence-corrected chi connectivity index (χ3v) is 4.38. The van der Waals surface area contributed by atoms with Gasteiger partial charge >= 0.3 is 0 Å². The zero-order valence-corrected chi connectivity index (χ0v) is 12.0. The Labute approximate surface area is 121 Å². The first-order chi connectivity index (χ1) is 9.81. The average Bonchev–Trinajstić information content (AvgIpc) is 2.96. The van der Waals surface area contributed by atoms with E-state index in [0.717, 1.165) is 48.9 Å². The van der Waals surface area contributed by atoms with Crippen LogP contribution in [0.4, 0.5) is 4.39 Å². The van der Waals surface area contributed by atoms with Gasteiger partial charge in [-0.2, -0.15) is 0 Å². The fourth-order valence-electron chi connectivity index (χ4n) is 2.26. The summed E-state index contributed by atoms with van der Waals surface area (Å²) in [7, 11) is 0.